The second-order valence-corrected chi connectivity index (χ2v) is 8.08. The number of benzene rings is 2. The molecule has 4 aromatic rings. The number of alkyl halides is 2. The van der Waals surface area contributed by atoms with Crippen molar-refractivity contribution in [3.05, 3.63) is 82.5 Å². The van der Waals surface area contributed by atoms with E-state index in [0.717, 1.165) is 30.3 Å². The van der Waals surface area contributed by atoms with Crippen molar-refractivity contribution < 1.29 is 37.7 Å². The Morgan fingerprint density at radius 2 is 1.78 bits per heavy atom. The Kier molecular flexibility index (Phi) is 6.34. The van der Waals surface area contributed by atoms with Crippen LogP contribution in [0.2, 0.25) is 5.02 Å². The molecule has 6 N–H and O–H groups in total. The number of nitrogens with zero attached hydrogens (tertiary/aromatic N) is 3. The topological polar surface area (TPSA) is 146 Å². The Morgan fingerprint density at radius 3 is 2.44 bits per heavy atom. The molecule has 2 heterocycles. The number of carbonyl (C=O) groups excluding carboxylic acids is 1. The molecular formula is C22H16ClF4N5O4. The molecule has 0 saturated carbocycles. The monoisotopic (exact) mass is 525 g/mol. The van der Waals surface area contributed by atoms with E-state index in [4.69, 9.17) is 17.3 Å². The predicted molar refractivity (Wildman–Crippen MR) is 119 cm³/mol. The molecule has 0 saturated heterocycles. The number of nitrogen functional groups attached to an aromatic ring is 1. The van der Waals surface area contributed by atoms with Crippen LogP contribution < -0.4 is 11.1 Å². The van der Waals surface area contributed by atoms with Gasteiger partial charge in [-0.2, -0.15) is 13.8 Å². The maximum Gasteiger partial charge on any atom is 0.349 e. The maximum absolute atomic E-state index is 15.4. The van der Waals surface area contributed by atoms with Crippen molar-refractivity contribution in [2.75, 3.05) is 5.73 Å². The molecule has 2 aromatic heterocycles. The summed E-state index contributed by atoms with van der Waals surface area (Å²) in [6.45, 7) is 0. The summed E-state index contributed by atoms with van der Waals surface area (Å²) in [6, 6.07) is 8.18. The van der Waals surface area contributed by atoms with Crippen LogP contribution in [-0.2, 0) is 0 Å². The molecule has 9 nitrogen and oxygen atoms in total. The average molecular weight is 526 g/mol. The van der Waals surface area contributed by atoms with Crippen LogP contribution in [0.4, 0.5) is 23.5 Å². The third kappa shape index (κ3) is 4.44. The van der Waals surface area contributed by atoms with Gasteiger partial charge in [0.1, 0.15) is 11.6 Å². The first-order chi connectivity index (χ1) is 16.8. The highest BCUT2D eigenvalue weighted by Gasteiger charge is 2.59. The van der Waals surface area contributed by atoms with Gasteiger partial charge in [0.05, 0.1) is 10.6 Å². The van der Waals surface area contributed by atoms with E-state index in [9.17, 15) is 33.3 Å². The Morgan fingerprint density at radius 1 is 1.11 bits per heavy atom. The molecule has 0 aliphatic carbocycles. The lowest BCUT2D eigenvalue weighted by Gasteiger charge is -2.34. The number of aliphatic hydroxyl groups excluding tert-OH is 1. The summed E-state index contributed by atoms with van der Waals surface area (Å²) >= 11 is 5.92. The minimum atomic E-state index is -4.83. The van der Waals surface area contributed by atoms with E-state index >= 15 is 4.39 Å². The number of aromatic nitrogens is 3. The van der Waals surface area contributed by atoms with Gasteiger partial charge in [0, 0.05) is 11.8 Å². The molecule has 0 aliphatic heterocycles. The number of hydrogen-bond donors (Lipinski definition) is 5. The number of nitrogens with two attached hydrogens (primary N) is 1. The first-order valence-corrected chi connectivity index (χ1v) is 10.4. The number of pyridine rings is 1. The molecular weight excluding hydrogens is 510 g/mol. The summed E-state index contributed by atoms with van der Waals surface area (Å²) in [4.78, 5) is 16.6. The summed E-state index contributed by atoms with van der Waals surface area (Å²) < 4.78 is 59.2. The molecule has 36 heavy (non-hydrogen) atoms. The number of nitrogens with one attached hydrogen (secondary N) is 1. The van der Waals surface area contributed by atoms with Crippen LogP contribution in [0, 0.1) is 11.6 Å². The zero-order valence-electron chi connectivity index (χ0n) is 17.8. The van der Waals surface area contributed by atoms with Crippen molar-refractivity contribution in [1.82, 2.24) is 19.9 Å². The lowest BCUT2D eigenvalue weighted by molar-refractivity contribution is -0.334. The molecule has 14 heteroatoms. The van der Waals surface area contributed by atoms with Crippen molar-refractivity contribution in [3.63, 3.8) is 0 Å². The van der Waals surface area contributed by atoms with E-state index in [1.54, 1.807) is 0 Å². The van der Waals surface area contributed by atoms with Crippen LogP contribution in [0.5, 0.6) is 0 Å². The summed E-state index contributed by atoms with van der Waals surface area (Å²) in [7, 11) is 0. The molecule has 1 amide bonds. The number of fused-ring (bicyclic) bond motifs is 1. The highest BCUT2D eigenvalue weighted by Crippen LogP contribution is 2.38. The van der Waals surface area contributed by atoms with Gasteiger partial charge in [-0.25, -0.2) is 13.3 Å². The number of rotatable bonds is 6. The molecule has 0 fully saturated rings. The van der Waals surface area contributed by atoms with E-state index in [1.165, 1.54) is 34.2 Å². The molecule has 0 spiro atoms. The van der Waals surface area contributed by atoms with Gasteiger partial charge < -0.3 is 21.1 Å². The van der Waals surface area contributed by atoms with Gasteiger partial charge in [0.25, 0.3) is 5.91 Å². The van der Waals surface area contributed by atoms with Crippen molar-refractivity contribution in [3.8, 4) is 11.1 Å². The van der Waals surface area contributed by atoms with Crippen LogP contribution in [0.15, 0.2) is 54.7 Å². The number of amides is 1. The molecule has 1 unspecified atom stereocenters. The molecule has 4 rings (SSSR count). The molecule has 0 bridgehead atoms. The standard InChI is InChI=1S/C22H16ClF4N5O4/c23-14-6-5-13(11-7-8-32-15(9-11)29-20(28)31-32)17(25)16(14)19(34)30-22(35,36)21(26,27)18(33)10-1-3-12(24)4-2-10/h1-9,18,33,35-36H,(H2,28,31)(H,30,34). The van der Waals surface area contributed by atoms with Gasteiger partial charge in [0.15, 0.2) is 11.8 Å². The van der Waals surface area contributed by atoms with Crippen LogP contribution in [0.3, 0.4) is 0 Å². The Bertz CT molecular complexity index is 1460. The van der Waals surface area contributed by atoms with Crippen LogP contribution in [-0.4, -0.2) is 47.7 Å². The molecule has 188 valence electrons. The number of hydrogen-bond acceptors (Lipinski definition) is 7. The fraction of sp³-hybridized carbons (Fsp3) is 0.136. The zero-order valence-corrected chi connectivity index (χ0v) is 18.6. The second kappa shape index (κ2) is 9.02. The molecule has 2 aromatic carbocycles. The van der Waals surface area contributed by atoms with Gasteiger partial charge in [-0.1, -0.05) is 23.7 Å². The van der Waals surface area contributed by atoms with Crippen molar-refractivity contribution in [1.29, 1.82) is 0 Å². The minimum Gasteiger partial charge on any atom is -0.382 e. The van der Waals surface area contributed by atoms with Gasteiger partial charge in [0.2, 0.25) is 5.95 Å². The SMILES string of the molecule is Nc1nc2cc(-c3ccc(Cl)c(C(=O)NC(O)(O)C(F)(F)C(O)c4ccc(F)cc4)c3F)ccn2n1. The molecule has 1 atom stereocenters. The Balaban J connectivity index is 1.66. The predicted octanol–water partition coefficient (Wildman–Crippen LogP) is 2.65. The average Bonchev–Trinajstić information content (AvgIpc) is 3.18. The quantitative estimate of drug-likeness (QED) is 0.192. The summed E-state index contributed by atoms with van der Waals surface area (Å²) in [6.07, 6.45) is -1.48. The first-order valence-electron chi connectivity index (χ1n) is 10.0. The molecule has 0 radical (unpaired) electrons. The maximum atomic E-state index is 15.4. The van der Waals surface area contributed by atoms with Gasteiger partial charge in [-0.05, 0) is 47.5 Å². The Hall–Kier alpha value is -3.78. The minimum absolute atomic E-state index is 0.0465. The van der Waals surface area contributed by atoms with Crippen LogP contribution >= 0.6 is 11.6 Å². The van der Waals surface area contributed by atoms with Gasteiger partial charge in [-0.3, -0.25) is 10.1 Å². The third-order valence-corrected chi connectivity index (χ3v) is 5.58. The first kappa shape index (κ1) is 25.3. The summed E-state index contributed by atoms with van der Waals surface area (Å²) in [5, 5.41) is 34.5. The van der Waals surface area contributed by atoms with Crippen molar-refractivity contribution in [2.24, 2.45) is 0 Å². The summed E-state index contributed by atoms with van der Waals surface area (Å²) in [5.74, 6) is -13.0. The van der Waals surface area contributed by atoms with Crippen LogP contribution in [0.1, 0.15) is 22.0 Å². The number of anilines is 1. The normalized spacial score (nSPS) is 13.1. The number of carbonyl (C=O) groups is 1. The third-order valence-electron chi connectivity index (χ3n) is 5.26. The zero-order chi connectivity index (χ0) is 26.4. The summed E-state index contributed by atoms with van der Waals surface area (Å²) in [5.41, 5.74) is 4.19. The van der Waals surface area contributed by atoms with E-state index in [-0.39, 0.29) is 22.7 Å². The van der Waals surface area contributed by atoms with Gasteiger partial charge in [-0.15, -0.1) is 5.10 Å². The smallest absolute Gasteiger partial charge is 0.349 e. The van der Waals surface area contributed by atoms with Crippen LogP contribution in [0.25, 0.3) is 16.8 Å². The van der Waals surface area contributed by atoms with E-state index in [0.29, 0.717) is 0 Å². The fourth-order valence-electron chi connectivity index (χ4n) is 3.40. The van der Waals surface area contributed by atoms with Crippen molar-refractivity contribution >= 4 is 29.1 Å². The number of aliphatic hydroxyl groups is 3. The van der Waals surface area contributed by atoms with Crippen molar-refractivity contribution in [2.45, 2.75) is 17.9 Å². The highest BCUT2D eigenvalue weighted by molar-refractivity contribution is 6.34. The highest BCUT2D eigenvalue weighted by atomic mass is 35.5. The second-order valence-electron chi connectivity index (χ2n) is 7.68. The Labute approximate surface area is 204 Å². The largest absolute Gasteiger partial charge is 0.382 e. The fourth-order valence-corrected chi connectivity index (χ4v) is 3.63. The van der Waals surface area contributed by atoms with Gasteiger partial charge >= 0.3 is 11.8 Å². The van der Waals surface area contributed by atoms with E-state index in [1.807, 2.05) is 0 Å². The number of halogens is 5. The van der Waals surface area contributed by atoms with E-state index in [2.05, 4.69) is 10.1 Å². The lowest BCUT2D eigenvalue weighted by atomic mass is 9.99. The van der Waals surface area contributed by atoms with E-state index < -0.39 is 51.6 Å². The molecule has 0 aliphatic rings. The lowest BCUT2D eigenvalue weighted by Crippen LogP contribution is -2.63.